The SMILES string of the molecule is Cc1ccc(Oc2ccccc2Cl)c(CNC(C)(C)C)c1. The van der Waals surface area contributed by atoms with Crippen LogP contribution in [-0.4, -0.2) is 5.54 Å². The van der Waals surface area contributed by atoms with Gasteiger partial charge in [0.05, 0.1) is 5.02 Å². The third-order valence-electron chi connectivity index (χ3n) is 3.08. The van der Waals surface area contributed by atoms with Crippen LogP contribution >= 0.6 is 11.6 Å². The summed E-state index contributed by atoms with van der Waals surface area (Å²) in [6.07, 6.45) is 0. The van der Waals surface area contributed by atoms with Crippen molar-refractivity contribution in [3.8, 4) is 11.5 Å². The molecule has 1 N–H and O–H groups in total. The van der Waals surface area contributed by atoms with Crippen LogP contribution in [0.15, 0.2) is 42.5 Å². The summed E-state index contributed by atoms with van der Waals surface area (Å²) in [4.78, 5) is 0. The molecule has 0 spiro atoms. The van der Waals surface area contributed by atoms with Gasteiger partial charge in [-0.3, -0.25) is 0 Å². The van der Waals surface area contributed by atoms with Crippen LogP contribution in [0.2, 0.25) is 5.02 Å². The molecule has 0 bridgehead atoms. The number of ether oxygens (including phenoxy) is 1. The Morgan fingerprint density at radius 3 is 2.43 bits per heavy atom. The van der Waals surface area contributed by atoms with E-state index in [0.29, 0.717) is 10.8 Å². The first-order valence-electron chi connectivity index (χ1n) is 7.12. The minimum Gasteiger partial charge on any atom is -0.455 e. The molecule has 3 heteroatoms. The van der Waals surface area contributed by atoms with Crippen molar-refractivity contribution in [3.05, 3.63) is 58.6 Å². The highest BCUT2D eigenvalue weighted by Crippen LogP contribution is 2.31. The number of hydrogen-bond acceptors (Lipinski definition) is 2. The molecule has 2 aromatic rings. The Bertz CT molecular complexity index is 617. The molecule has 0 fully saturated rings. The summed E-state index contributed by atoms with van der Waals surface area (Å²) >= 11 is 6.17. The zero-order chi connectivity index (χ0) is 15.5. The number of hydrogen-bond donors (Lipinski definition) is 1. The fourth-order valence-corrected chi connectivity index (χ4v) is 2.13. The fraction of sp³-hybridized carbons (Fsp3) is 0.333. The predicted molar refractivity (Wildman–Crippen MR) is 89.3 cm³/mol. The highest BCUT2D eigenvalue weighted by atomic mass is 35.5. The lowest BCUT2D eigenvalue weighted by Gasteiger charge is -2.22. The second kappa shape index (κ2) is 6.50. The van der Waals surface area contributed by atoms with Gasteiger partial charge >= 0.3 is 0 Å². The fourth-order valence-electron chi connectivity index (χ4n) is 1.95. The van der Waals surface area contributed by atoms with E-state index < -0.39 is 0 Å². The first-order valence-corrected chi connectivity index (χ1v) is 7.50. The molecule has 0 radical (unpaired) electrons. The number of benzene rings is 2. The summed E-state index contributed by atoms with van der Waals surface area (Å²) in [5.74, 6) is 1.52. The zero-order valence-corrected chi connectivity index (χ0v) is 13.8. The number of para-hydroxylation sites is 1. The Balaban J connectivity index is 2.25. The van der Waals surface area contributed by atoms with Crippen LogP contribution in [0.1, 0.15) is 31.9 Å². The van der Waals surface area contributed by atoms with Crippen LogP contribution in [0, 0.1) is 6.92 Å². The standard InChI is InChI=1S/C18H22ClNO/c1-13-9-10-16(14(11-13)12-20-18(2,3)4)21-17-8-6-5-7-15(17)19/h5-11,20H,12H2,1-4H3. The summed E-state index contributed by atoms with van der Waals surface area (Å²) in [6.45, 7) is 9.29. The van der Waals surface area contributed by atoms with Gasteiger partial charge in [0.15, 0.2) is 0 Å². The van der Waals surface area contributed by atoms with Gasteiger partial charge in [0, 0.05) is 17.6 Å². The quantitative estimate of drug-likeness (QED) is 0.824. The van der Waals surface area contributed by atoms with Gasteiger partial charge in [0.1, 0.15) is 11.5 Å². The monoisotopic (exact) mass is 303 g/mol. The molecule has 2 nitrogen and oxygen atoms in total. The number of nitrogens with one attached hydrogen (secondary N) is 1. The molecule has 2 rings (SSSR count). The summed E-state index contributed by atoms with van der Waals surface area (Å²) in [7, 11) is 0. The summed E-state index contributed by atoms with van der Waals surface area (Å²) in [5.41, 5.74) is 2.41. The van der Waals surface area contributed by atoms with Crippen LogP contribution < -0.4 is 10.1 Å². The van der Waals surface area contributed by atoms with E-state index in [9.17, 15) is 0 Å². The first-order chi connectivity index (χ1) is 9.85. The van der Waals surface area contributed by atoms with Gasteiger partial charge in [-0.1, -0.05) is 41.4 Å². The normalized spacial score (nSPS) is 11.5. The van der Waals surface area contributed by atoms with E-state index in [1.807, 2.05) is 36.4 Å². The smallest absolute Gasteiger partial charge is 0.146 e. The lowest BCUT2D eigenvalue weighted by molar-refractivity contribution is 0.414. The minimum absolute atomic E-state index is 0.0609. The summed E-state index contributed by atoms with van der Waals surface area (Å²) < 4.78 is 5.99. The van der Waals surface area contributed by atoms with Crippen molar-refractivity contribution in [1.29, 1.82) is 0 Å². The first kappa shape index (κ1) is 15.9. The van der Waals surface area contributed by atoms with Crippen LogP contribution in [0.4, 0.5) is 0 Å². The van der Waals surface area contributed by atoms with E-state index in [-0.39, 0.29) is 5.54 Å². The van der Waals surface area contributed by atoms with Crippen LogP contribution in [0.5, 0.6) is 11.5 Å². The van der Waals surface area contributed by atoms with Crippen LogP contribution in [0.3, 0.4) is 0 Å². The van der Waals surface area contributed by atoms with E-state index in [1.165, 1.54) is 5.56 Å². The van der Waals surface area contributed by atoms with Crippen molar-refractivity contribution in [2.45, 2.75) is 39.8 Å². The van der Waals surface area contributed by atoms with Crippen molar-refractivity contribution >= 4 is 11.6 Å². The van der Waals surface area contributed by atoms with E-state index in [0.717, 1.165) is 17.9 Å². The molecule has 0 aliphatic heterocycles. The van der Waals surface area contributed by atoms with Crippen molar-refractivity contribution in [1.82, 2.24) is 5.32 Å². The van der Waals surface area contributed by atoms with Gasteiger partial charge in [-0.25, -0.2) is 0 Å². The Hall–Kier alpha value is -1.51. The molecule has 0 unspecified atom stereocenters. The summed E-state index contributed by atoms with van der Waals surface area (Å²) in [6, 6.07) is 13.7. The third-order valence-corrected chi connectivity index (χ3v) is 3.39. The van der Waals surface area contributed by atoms with Gasteiger partial charge in [0.25, 0.3) is 0 Å². The maximum atomic E-state index is 6.17. The van der Waals surface area contributed by atoms with E-state index in [4.69, 9.17) is 16.3 Å². The Morgan fingerprint density at radius 1 is 1.05 bits per heavy atom. The van der Waals surface area contributed by atoms with Gasteiger partial charge < -0.3 is 10.1 Å². The Labute approximate surface area is 132 Å². The molecular weight excluding hydrogens is 282 g/mol. The average molecular weight is 304 g/mol. The maximum Gasteiger partial charge on any atom is 0.146 e. The lowest BCUT2D eigenvalue weighted by atomic mass is 10.1. The second-order valence-corrected chi connectivity index (χ2v) is 6.65. The molecule has 0 aromatic heterocycles. The molecule has 2 aromatic carbocycles. The third kappa shape index (κ3) is 4.76. The molecule has 0 saturated carbocycles. The molecular formula is C18H22ClNO. The second-order valence-electron chi connectivity index (χ2n) is 6.25. The molecule has 0 aliphatic rings. The number of rotatable bonds is 4. The van der Waals surface area contributed by atoms with Crippen molar-refractivity contribution in [2.75, 3.05) is 0 Å². The molecule has 0 aliphatic carbocycles. The van der Waals surface area contributed by atoms with Crippen molar-refractivity contribution in [2.24, 2.45) is 0 Å². The highest BCUT2D eigenvalue weighted by molar-refractivity contribution is 6.32. The highest BCUT2D eigenvalue weighted by Gasteiger charge is 2.12. The van der Waals surface area contributed by atoms with Gasteiger partial charge in [-0.05, 0) is 45.9 Å². The van der Waals surface area contributed by atoms with E-state index >= 15 is 0 Å². The lowest BCUT2D eigenvalue weighted by Crippen LogP contribution is -2.35. The maximum absolute atomic E-state index is 6.17. The topological polar surface area (TPSA) is 21.3 Å². The van der Waals surface area contributed by atoms with Crippen LogP contribution in [0.25, 0.3) is 0 Å². The molecule has 0 heterocycles. The Kier molecular flexibility index (Phi) is 4.92. The minimum atomic E-state index is 0.0609. The van der Waals surface area contributed by atoms with Gasteiger partial charge in [0.2, 0.25) is 0 Å². The van der Waals surface area contributed by atoms with Crippen molar-refractivity contribution < 1.29 is 4.74 Å². The van der Waals surface area contributed by atoms with Gasteiger partial charge in [-0.15, -0.1) is 0 Å². The molecule has 21 heavy (non-hydrogen) atoms. The molecule has 112 valence electrons. The Morgan fingerprint density at radius 2 is 1.76 bits per heavy atom. The largest absolute Gasteiger partial charge is 0.455 e. The molecule has 0 saturated heterocycles. The van der Waals surface area contributed by atoms with E-state index in [1.54, 1.807) is 0 Å². The van der Waals surface area contributed by atoms with E-state index in [2.05, 4.69) is 39.1 Å². The van der Waals surface area contributed by atoms with Crippen LogP contribution in [-0.2, 0) is 6.54 Å². The summed E-state index contributed by atoms with van der Waals surface area (Å²) in [5, 5.41) is 4.11. The number of halogens is 1. The zero-order valence-electron chi connectivity index (χ0n) is 13.0. The molecule has 0 amide bonds. The van der Waals surface area contributed by atoms with Crippen molar-refractivity contribution in [3.63, 3.8) is 0 Å². The van der Waals surface area contributed by atoms with Gasteiger partial charge in [-0.2, -0.15) is 0 Å². The number of aryl methyl sites for hydroxylation is 1. The average Bonchev–Trinajstić information content (AvgIpc) is 2.40. The predicted octanol–water partition coefficient (Wildman–Crippen LogP) is 5.33. The molecule has 0 atom stereocenters.